The van der Waals surface area contributed by atoms with E-state index in [1.165, 1.54) is 0 Å². The van der Waals surface area contributed by atoms with Gasteiger partial charge in [0.2, 0.25) is 0 Å². The molecule has 5 heteroatoms. The smallest absolute Gasteiger partial charge is 0.124 e. The lowest BCUT2D eigenvalue weighted by molar-refractivity contribution is 0.0643. The van der Waals surface area contributed by atoms with Crippen molar-refractivity contribution >= 4 is 10.8 Å². The van der Waals surface area contributed by atoms with E-state index >= 15 is 0 Å². The first kappa shape index (κ1) is 21.2. The van der Waals surface area contributed by atoms with Gasteiger partial charge in [-0.05, 0) is 51.7 Å². The van der Waals surface area contributed by atoms with Crippen molar-refractivity contribution in [1.82, 2.24) is 9.97 Å². The van der Waals surface area contributed by atoms with Crippen LogP contribution in [0.25, 0.3) is 21.9 Å². The molecule has 0 saturated heterocycles. The molecule has 1 aromatic heterocycles. The van der Waals surface area contributed by atoms with Gasteiger partial charge in [-0.3, -0.25) is 0 Å². The van der Waals surface area contributed by atoms with Crippen LogP contribution >= 0.6 is 0 Å². The number of hydrogen-bond acceptors (Lipinski definition) is 4. The van der Waals surface area contributed by atoms with Gasteiger partial charge in [0.25, 0.3) is 0 Å². The Morgan fingerprint density at radius 3 is 2.44 bits per heavy atom. The summed E-state index contributed by atoms with van der Waals surface area (Å²) in [6.07, 6.45) is 2.97. The van der Waals surface area contributed by atoms with E-state index in [0.717, 1.165) is 38.7 Å². The molecule has 0 radical (unpaired) electrons. The van der Waals surface area contributed by atoms with Crippen molar-refractivity contribution in [3.63, 3.8) is 0 Å². The van der Waals surface area contributed by atoms with E-state index in [2.05, 4.69) is 40.3 Å². The second-order valence-electron chi connectivity index (χ2n) is 7.95. The van der Waals surface area contributed by atoms with E-state index in [0.29, 0.717) is 17.7 Å². The van der Waals surface area contributed by atoms with E-state index in [4.69, 9.17) is 10.00 Å². The third kappa shape index (κ3) is 4.17. The summed E-state index contributed by atoms with van der Waals surface area (Å²) in [7, 11) is 0. The van der Waals surface area contributed by atoms with Crippen LogP contribution in [-0.4, -0.2) is 9.97 Å². The summed E-state index contributed by atoms with van der Waals surface area (Å²) in [6, 6.07) is 31.9. The van der Waals surface area contributed by atoms with Gasteiger partial charge in [0.05, 0.1) is 48.1 Å². The first-order chi connectivity index (χ1) is 16.8. The highest BCUT2D eigenvalue weighted by atomic mass is 16.5. The fourth-order valence-corrected chi connectivity index (χ4v) is 4.14. The summed E-state index contributed by atoms with van der Waals surface area (Å²) >= 11 is 0. The van der Waals surface area contributed by atoms with Crippen molar-refractivity contribution in [1.29, 1.82) is 10.5 Å². The van der Waals surface area contributed by atoms with Gasteiger partial charge in [-0.2, -0.15) is 10.5 Å². The van der Waals surface area contributed by atoms with Gasteiger partial charge in [0, 0.05) is 5.56 Å². The van der Waals surface area contributed by atoms with E-state index in [-0.39, 0.29) is 0 Å². The lowest BCUT2D eigenvalue weighted by Gasteiger charge is -2.19. The molecule has 5 aromatic rings. The summed E-state index contributed by atoms with van der Waals surface area (Å²) < 4.78 is 6.35. The molecule has 0 spiro atoms. The van der Waals surface area contributed by atoms with Gasteiger partial charge in [-0.1, -0.05) is 60.7 Å². The van der Waals surface area contributed by atoms with Gasteiger partial charge in [0.15, 0.2) is 0 Å². The number of aromatic amines is 1. The molecule has 1 unspecified atom stereocenters. The minimum Gasteiger partial charge on any atom is -0.363 e. The molecule has 162 valence electrons. The van der Waals surface area contributed by atoms with Crippen LogP contribution in [-0.2, 0) is 11.3 Å². The van der Waals surface area contributed by atoms with Crippen LogP contribution in [0.4, 0.5) is 0 Å². The molecule has 0 bridgehead atoms. The van der Waals surface area contributed by atoms with Gasteiger partial charge < -0.3 is 9.72 Å². The van der Waals surface area contributed by atoms with Gasteiger partial charge in [0.1, 0.15) is 6.10 Å². The predicted octanol–water partition coefficient (Wildman–Crippen LogP) is 6.28. The Balaban J connectivity index is 1.55. The number of benzene rings is 4. The molecule has 5 rings (SSSR count). The summed E-state index contributed by atoms with van der Waals surface area (Å²) in [5, 5.41) is 21.1. The topological polar surface area (TPSA) is 85.5 Å². The molecule has 0 saturated carbocycles. The van der Waals surface area contributed by atoms with Crippen LogP contribution in [0.15, 0.2) is 97.5 Å². The van der Waals surface area contributed by atoms with Crippen molar-refractivity contribution in [2.24, 2.45) is 0 Å². The molecule has 1 heterocycles. The van der Waals surface area contributed by atoms with Crippen LogP contribution in [0.5, 0.6) is 0 Å². The Morgan fingerprint density at radius 1 is 0.853 bits per heavy atom. The van der Waals surface area contributed by atoms with Gasteiger partial charge in [-0.15, -0.1) is 0 Å². The van der Waals surface area contributed by atoms with Crippen LogP contribution in [0.2, 0.25) is 0 Å². The number of hydrogen-bond donors (Lipinski definition) is 1. The minimum absolute atomic E-state index is 0.360. The molecular formula is C29H20N4O. The number of imidazole rings is 1. The van der Waals surface area contributed by atoms with E-state index in [1.807, 2.05) is 54.6 Å². The Morgan fingerprint density at radius 2 is 1.68 bits per heavy atom. The summed E-state index contributed by atoms with van der Waals surface area (Å²) in [5.41, 5.74) is 5.79. The number of rotatable bonds is 6. The quantitative estimate of drug-likeness (QED) is 0.337. The fraction of sp³-hybridized carbons (Fsp3) is 0.0690. The second-order valence-corrected chi connectivity index (χ2v) is 7.95. The average molecular weight is 441 g/mol. The van der Waals surface area contributed by atoms with Crippen molar-refractivity contribution < 1.29 is 4.74 Å². The maximum atomic E-state index is 9.84. The van der Waals surface area contributed by atoms with Crippen molar-refractivity contribution in [2.45, 2.75) is 12.7 Å². The normalized spacial score (nSPS) is 11.6. The summed E-state index contributed by atoms with van der Waals surface area (Å²) in [5.74, 6) is 0. The standard InChI is InChI=1S/C29H20N4O/c30-15-20-8-10-21(11-9-20)18-34-29(28-17-32-19-33-28)23-12-13-24(16-31)27(14-23)26-7-3-5-22-4-1-2-6-25(22)26/h1-14,17,19,29H,18H2,(H,32,33). The molecule has 0 amide bonds. The molecule has 34 heavy (non-hydrogen) atoms. The van der Waals surface area contributed by atoms with Crippen LogP contribution < -0.4 is 0 Å². The molecule has 4 aromatic carbocycles. The molecule has 0 aliphatic heterocycles. The van der Waals surface area contributed by atoms with Gasteiger partial charge in [-0.25, -0.2) is 4.98 Å². The fourth-order valence-electron chi connectivity index (χ4n) is 4.14. The Hall–Kier alpha value is -4.71. The lowest BCUT2D eigenvalue weighted by Crippen LogP contribution is -2.08. The predicted molar refractivity (Wildman–Crippen MR) is 130 cm³/mol. The molecule has 5 nitrogen and oxygen atoms in total. The molecule has 1 N–H and O–H groups in total. The SMILES string of the molecule is N#Cc1ccc(COC(c2ccc(C#N)c(-c3cccc4ccccc34)c2)c2cnc[nH]2)cc1. The van der Waals surface area contributed by atoms with Crippen LogP contribution in [0.3, 0.4) is 0 Å². The van der Waals surface area contributed by atoms with Crippen molar-refractivity contribution in [2.75, 3.05) is 0 Å². The van der Waals surface area contributed by atoms with Gasteiger partial charge >= 0.3 is 0 Å². The first-order valence-electron chi connectivity index (χ1n) is 10.9. The van der Waals surface area contributed by atoms with E-state index in [9.17, 15) is 5.26 Å². The van der Waals surface area contributed by atoms with Crippen LogP contribution in [0.1, 0.15) is 34.1 Å². The minimum atomic E-state index is -0.403. The number of nitrogens with one attached hydrogen (secondary N) is 1. The Bertz CT molecular complexity index is 1520. The van der Waals surface area contributed by atoms with Crippen molar-refractivity contribution in [3.8, 4) is 23.3 Å². The second kappa shape index (κ2) is 9.42. The third-order valence-corrected chi connectivity index (χ3v) is 5.85. The Kier molecular flexibility index (Phi) is 5.86. The maximum Gasteiger partial charge on any atom is 0.124 e. The number of ether oxygens (including phenoxy) is 1. The average Bonchev–Trinajstić information content (AvgIpc) is 3.43. The third-order valence-electron chi connectivity index (χ3n) is 5.85. The number of fused-ring (bicyclic) bond motifs is 1. The zero-order valence-electron chi connectivity index (χ0n) is 18.3. The summed E-state index contributed by atoms with van der Waals surface area (Å²) in [6.45, 7) is 0.360. The number of H-pyrrole nitrogens is 1. The molecule has 0 aliphatic carbocycles. The van der Waals surface area contributed by atoms with Crippen LogP contribution in [0, 0.1) is 22.7 Å². The van der Waals surface area contributed by atoms with E-state index in [1.54, 1.807) is 24.7 Å². The highest BCUT2D eigenvalue weighted by Crippen LogP contribution is 2.35. The monoisotopic (exact) mass is 440 g/mol. The molecule has 1 atom stereocenters. The highest BCUT2D eigenvalue weighted by Gasteiger charge is 2.19. The molecular weight excluding hydrogens is 420 g/mol. The largest absolute Gasteiger partial charge is 0.363 e. The van der Waals surface area contributed by atoms with E-state index < -0.39 is 6.10 Å². The highest BCUT2D eigenvalue weighted by molar-refractivity contribution is 5.97. The molecule has 0 fully saturated rings. The zero-order valence-corrected chi connectivity index (χ0v) is 18.3. The Labute approximate surface area is 197 Å². The lowest BCUT2D eigenvalue weighted by atomic mass is 9.92. The number of nitriles is 2. The first-order valence-corrected chi connectivity index (χ1v) is 10.9. The van der Waals surface area contributed by atoms with Crippen molar-refractivity contribution in [3.05, 3.63) is 125 Å². The summed E-state index contributed by atoms with van der Waals surface area (Å²) in [4.78, 5) is 7.34. The maximum absolute atomic E-state index is 9.84. The number of nitrogens with zero attached hydrogens (tertiary/aromatic N) is 3. The zero-order chi connectivity index (χ0) is 23.3. The number of aromatic nitrogens is 2. The molecule has 0 aliphatic rings.